The highest BCUT2D eigenvalue weighted by Crippen LogP contribution is 2.26. The molecule has 1 fully saturated rings. The second-order valence-electron chi connectivity index (χ2n) is 6.38. The Bertz CT molecular complexity index is 709. The fourth-order valence-electron chi connectivity index (χ4n) is 3.23. The molecule has 0 saturated carbocycles. The van der Waals surface area contributed by atoms with Crippen LogP contribution >= 0.6 is 0 Å². The van der Waals surface area contributed by atoms with E-state index in [-0.39, 0.29) is 5.91 Å². The SMILES string of the molecule is CCNC(=O)c1ccc(N2CCN(Cc3ccccc3)CC2)c(N)c1. The highest BCUT2D eigenvalue weighted by atomic mass is 16.1. The molecule has 1 heterocycles. The van der Waals surface area contributed by atoms with Crippen LogP contribution in [-0.2, 0) is 6.54 Å². The number of anilines is 2. The summed E-state index contributed by atoms with van der Waals surface area (Å²) < 4.78 is 0. The molecule has 0 aliphatic carbocycles. The van der Waals surface area contributed by atoms with Gasteiger partial charge in [0.05, 0.1) is 11.4 Å². The van der Waals surface area contributed by atoms with Gasteiger partial charge >= 0.3 is 0 Å². The molecule has 0 radical (unpaired) electrons. The third kappa shape index (κ3) is 4.31. The number of nitrogens with two attached hydrogens (primary N) is 1. The second kappa shape index (κ2) is 8.03. The van der Waals surface area contributed by atoms with Gasteiger partial charge in [-0.2, -0.15) is 0 Å². The van der Waals surface area contributed by atoms with Crippen molar-refractivity contribution in [1.82, 2.24) is 10.2 Å². The first-order chi connectivity index (χ1) is 12.2. The van der Waals surface area contributed by atoms with Gasteiger partial charge in [-0.25, -0.2) is 0 Å². The Balaban J connectivity index is 1.60. The summed E-state index contributed by atoms with van der Waals surface area (Å²) in [7, 11) is 0. The van der Waals surface area contributed by atoms with Crippen LogP contribution in [0.2, 0.25) is 0 Å². The van der Waals surface area contributed by atoms with Gasteiger partial charge in [0, 0.05) is 44.8 Å². The minimum atomic E-state index is -0.0755. The highest BCUT2D eigenvalue weighted by Gasteiger charge is 2.19. The zero-order valence-corrected chi connectivity index (χ0v) is 14.7. The number of rotatable bonds is 5. The Morgan fingerprint density at radius 3 is 2.44 bits per heavy atom. The van der Waals surface area contributed by atoms with Crippen LogP contribution in [0.4, 0.5) is 11.4 Å². The molecule has 1 amide bonds. The molecule has 2 aromatic rings. The quantitative estimate of drug-likeness (QED) is 0.822. The lowest BCUT2D eigenvalue weighted by Crippen LogP contribution is -2.46. The number of carbonyl (C=O) groups is 1. The molecule has 5 nitrogen and oxygen atoms in total. The van der Waals surface area contributed by atoms with E-state index in [1.807, 2.05) is 19.1 Å². The minimum absolute atomic E-state index is 0.0755. The van der Waals surface area contributed by atoms with E-state index in [1.165, 1.54) is 5.56 Å². The van der Waals surface area contributed by atoms with Crippen LogP contribution in [0.15, 0.2) is 48.5 Å². The molecule has 1 aliphatic rings. The molecule has 132 valence electrons. The van der Waals surface area contributed by atoms with E-state index >= 15 is 0 Å². The van der Waals surface area contributed by atoms with E-state index in [9.17, 15) is 4.79 Å². The second-order valence-corrected chi connectivity index (χ2v) is 6.38. The molecular weight excluding hydrogens is 312 g/mol. The zero-order valence-electron chi connectivity index (χ0n) is 14.7. The van der Waals surface area contributed by atoms with E-state index < -0.39 is 0 Å². The molecule has 0 aromatic heterocycles. The smallest absolute Gasteiger partial charge is 0.251 e. The van der Waals surface area contributed by atoms with Crippen molar-refractivity contribution >= 4 is 17.3 Å². The largest absolute Gasteiger partial charge is 0.397 e. The molecule has 0 spiro atoms. The van der Waals surface area contributed by atoms with Crippen molar-refractivity contribution in [3.63, 3.8) is 0 Å². The van der Waals surface area contributed by atoms with Crippen molar-refractivity contribution in [2.45, 2.75) is 13.5 Å². The Morgan fingerprint density at radius 2 is 1.80 bits per heavy atom. The third-order valence-corrected chi connectivity index (χ3v) is 4.59. The Morgan fingerprint density at radius 1 is 1.08 bits per heavy atom. The Kier molecular flexibility index (Phi) is 5.56. The number of nitrogens with zero attached hydrogens (tertiary/aromatic N) is 2. The predicted molar refractivity (Wildman–Crippen MR) is 103 cm³/mol. The fourth-order valence-corrected chi connectivity index (χ4v) is 3.23. The highest BCUT2D eigenvalue weighted by molar-refractivity contribution is 5.96. The molecule has 0 atom stereocenters. The topological polar surface area (TPSA) is 61.6 Å². The summed E-state index contributed by atoms with van der Waals surface area (Å²) in [5, 5.41) is 2.80. The Hall–Kier alpha value is -2.53. The van der Waals surface area contributed by atoms with Gasteiger partial charge in [0.25, 0.3) is 5.91 Å². The van der Waals surface area contributed by atoms with E-state index in [1.54, 1.807) is 6.07 Å². The number of hydrogen-bond acceptors (Lipinski definition) is 4. The molecule has 0 bridgehead atoms. The molecule has 5 heteroatoms. The van der Waals surface area contributed by atoms with Crippen LogP contribution in [0.25, 0.3) is 0 Å². The lowest BCUT2D eigenvalue weighted by molar-refractivity contribution is 0.0956. The molecule has 1 saturated heterocycles. The van der Waals surface area contributed by atoms with E-state index in [4.69, 9.17) is 5.73 Å². The van der Waals surface area contributed by atoms with Crippen molar-refractivity contribution in [1.29, 1.82) is 0 Å². The third-order valence-electron chi connectivity index (χ3n) is 4.59. The van der Waals surface area contributed by atoms with Gasteiger partial charge in [0.15, 0.2) is 0 Å². The van der Waals surface area contributed by atoms with Gasteiger partial charge in [-0.15, -0.1) is 0 Å². The maximum atomic E-state index is 11.9. The van der Waals surface area contributed by atoms with Crippen molar-refractivity contribution in [2.75, 3.05) is 43.4 Å². The number of nitrogen functional groups attached to an aromatic ring is 1. The number of hydrogen-bond donors (Lipinski definition) is 2. The summed E-state index contributed by atoms with van der Waals surface area (Å²) in [4.78, 5) is 16.7. The first-order valence-electron chi connectivity index (χ1n) is 8.86. The lowest BCUT2D eigenvalue weighted by atomic mass is 10.1. The molecular formula is C20H26N4O. The number of amides is 1. The summed E-state index contributed by atoms with van der Waals surface area (Å²) in [6, 6.07) is 16.2. The monoisotopic (exact) mass is 338 g/mol. The lowest BCUT2D eigenvalue weighted by Gasteiger charge is -2.36. The van der Waals surface area contributed by atoms with Crippen LogP contribution in [0.3, 0.4) is 0 Å². The van der Waals surface area contributed by atoms with Crippen LogP contribution in [-0.4, -0.2) is 43.5 Å². The number of piperazine rings is 1. The normalized spacial score (nSPS) is 15.2. The maximum absolute atomic E-state index is 11.9. The minimum Gasteiger partial charge on any atom is -0.397 e. The number of carbonyl (C=O) groups excluding carboxylic acids is 1. The van der Waals surface area contributed by atoms with Crippen molar-refractivity contribution < 1.29 is 4.79 Å². The first-order valence-corrected chi connectivity index (χ1v) is 8.86. The molecule has 3 N–H and O–H groups in total. The van der Waals surface area contributed by atoms with Gasteiger partial charge in [-0.05, 0) is 30.7 Å². The Labute approximate surface area is 149 Å². The van der Waals surface area contributed by atoms with Gasteiger partial charge in [-0.3, -0.25) is 9.69 Å². The molecule has 1 aliphatic heterocycles. The maximum Gasteiger partial charge on any atom is 0.251 e. The van der Waals surface area contributed by atoms with E-state index in [2.05, 4.69) is 45.4 Å². The summed E-state index contributed by atoms with van der Waals surface area (Å²) in [6.45, 7) is 7.41. The summed E-state index contributed by atoms with van der Waals surface area (Å²) in [6.07, 6.45) is 0. The van der Waals surface area contributed by atoms with Crippen LogP contribution in [0, 0.1) is 0 Å². The summed E-state index contributed by atoms with van der Waals surface area (Å²) >= 11 is 0. The summed E-state index contributed by atoms with van der Waals surface area (Å²) in [5.41, 5.74) is 9.86. The van der Waals surface area contributed by atoms with Crippen molar-refractivity contribution in [2.24, 2.45) is 0 Å². The number of nitrogens with one attached hydrogen (secondary N) is 1. The van der Waals surface area contributed by atoms with Crippen LogP contribution < -0.4 is 16.0 Å². The van der Waals surface area contributed by atoms with Gasteiger partial charge < -0.3 is 16.0 Å². The molecule has 2 aromatic carbocycles. The standard InChI is InChI=1S/C20H26N4O/c1-2-22-20(25)17-8-9-19(18(21)14-17)24-12-10-23(11-13-24)15-16-6-4-3-5-7-16/h3-9,14H,2,10-13,15,21H2,1H3,(H,22,25). The average molecular weight is 338 g/mol. The molecule has 3 rings (SSSR count). The fraction of sp³-hybridized carbons (Fsp3) is 0.350. The predicted octanol–water partition coefficient (Wildman–Crippen LogP) is 2.34. The average Bonchev–Trinajstić information content (AvgIpc) is 2.63. The zero-order chi connectivity index (χ0) is 17.6. The van der Waals surface area contributed by atoms with Crippen molar-refractivity contribution in [3.8, 4) is 0 Å². The summed E-state index contributed by atoms with van der Waals surface area (Å²) in [5.74, 6) is -0.0755. The molecule has 0 unspecified atom stereocenters. The van der Waals surface area contributed by atoms with Crippen LogP contribution in [0.1, 0.15) is 22.8 Å². The van der Waals surface area contributed by atoms with E-state index in [0.717, 1.165) is 38.4 Å². The van der Waals surface area contributed by atoms with Crippen molar-refractivity contribution in [3.05, 3.63) is 59.7 Å². The van der Waals surface area contributed by atoms with E-state index in [0.29, 0.717) is 17.8 Å². The number of benzene rings is 2. The van der Waals surface area contributed by atoms with Gasteiger partial charge in [0.2, 0.25) is 0 Å². The molecule has 25 heavy (non-hydrogen) atoms. The van der Waals surface area contributed by atoms with Gasteiger partial charge in [0.1, 0.15) is 0 Å². The van der Waals surface area contributed by atoms with Crippen LogP contribution in [0.5, 0.6) is 0 Å². The van der Waals surface area contributed by atoms with Gasteiger partial charge in [-0.1, -0.05) is 30.3 Å². The first kappa shape index (κ1) is 17.3.